The second-order valence-electron chi connectivity index (χ2n) is 3.81. The Bertz CT molecular complexity index is 189. The fourth-order valence-electron chi connectivity index (χ4n) is 2.51. The van der Waals surface area contributed by atoms with E-state index in [9.17, 15) is 18.3 Å². The van der Waals surface area contributed by atoms with Gasteiger partial charge in [0.25, 0.3) is 0 Å². The lowest BCUT2D eigenvalue weighted by Crippen LogP contribution is -2.18. The van der Waals surface area contributed by atoms with Crippen LogP contribution in [0.1, 0.15) is 19.3 Å². The molecule has 0 aromatic carbocycles. The summed E-state index contributed by atoms with van der Waals surface area (Å²) < 4.78 is 36.6. The van der Waals surface area contributed by atoms with E-state index in [0.717, 1.165) is 6.42 Å². The highest BCUT2D eigenvalue weighted by Gasteiger charge is 2.66. The van der Waals surface area contributed by atoms with Gasteiger partial charge in [0.15, 0.2) is 0 Å². The Morgan fingerprint density at radius 3 is 2.33 bits per heavy atom. The van der Waals surface area contributed by atoms with Gasteiger partial charge in [0.2, 0.25) is 0 Å². The van der Waals surface area contributed by atoms with Gasteiger partial charge in [0.05, 0.1) is 12.0 Å². The number of fused-ring (bicyclic) bond motifs is 1. The van der Waals surface area contributed by atoms with E-state index in [1.807, 2.05) is 0 Å². The monoisotopic (exact) mass is 180 g/mol. The standard InChI is InChI=1S/C8H11F3O/c9-8(10,11)7-4-2-1-3-5(12)6(4)7/h4-7,12H,1-3H2/t4-,5-,6+,7+/m1/s1. The molecule has 1 N–H and O–H groups in total. The van der Waals surface area contributed by atoms with Crippen molar-refractivity contribution in [3.05, 3.63) is 0 Å². The molecular weight excluding hydrogens is 169 g/mol. The minimum Gasteiger partial charge on any atom is -0.393 e. The van der Waals surface area contributed by atoms with E-state index in [2.05, 4.69) is 0 Å². The van der Waals surface area contributed by atoms with Crippen LogP contribution in [0.5, 0.6) is 0 Å². The number of aliphatic hydroxyl groups is 1. The van der Waals surface area contributed by atoms with Crippen molar-refractivity contribution in [1.82, 2.24) is 0 Å². The van der Waals surface area contributed by atoms with Crippen molar-refractivity contribution in [2.45, 2.75) is 31.5 Å². The second-order valence-corrected chi connectivity index (χ2v) is 3.81. The van der Waals surface area contributed by atoms with Gasteiger partial charge >= 0.3 is 6.18 Å². The number of rotatable bonds is 0. The maximum absolute atomic E-state index is 12.2. The van der Waals surface area contributed by atoms with E-state index in [1.54, 1.807) is 0 Å². The molecule has 2 aliphatic carbocycles. The van der Waals surface area contributed by atoms with Gasteiger partial charge in [-0.3, -0.25) is 0 Å². The van der Waals surface area contributed by atoms with E-state index in [1.165, 1.54) is 0 Å². The van der Waals surface area contributed by atoms with Crippen molar-refractivity contribution >= 4 is 0 Å². The van der Waals surface area contributed by atoms with Gasteiger partial charge in [0, 0.05) is 0 Å². The van der Waals surface area contributed by atoms with Gasteiger partial charge in [-0.15, -0.1) is 0 Å². The van der Waals surface area contributed by atoms with Crippen molar-refractivity contribution in [1.29, 1.82) is 0 Å². The fraction of sp³-hybridized carbons (Fsp3) is 1.00. The summed E-state index contributed by atoms with van der Waals surface area (Å²) in [5, 5.41) is 9.25. The second kappa shape index (κ2) is 2.37. The third kappa shape index (κ3) is 1.13. The highest BCUT2D eigenvalue weighted by molar-refractivity contribution is 5.06. The van der Waals surface area contributed by atoms with E-state index in [0.29, 0.717) is 12.8 Å². The van der Waals surface area contributed by atoms with Crippen LogP contribution >= 0.6 is 0 Å². The number of halogens is 3. The lowest BCUT2D eigenvalue weighted by atomic mass is 9.98. The van der Waals surface area contributed by atoms with Gasteiger partial charge < -0.3 is 5.11 Å². The van der Waals surface area contributed by atoms with Gasteiger partial charge in [-0.2, -0.15) is 13.2 Å². The van der Waals surface area contributed by atoms with Gasteiger partial charge in [-0.05, 0) is 24.7 Å². The molecule has 0 aromatic rings. The van der Waals surface area contributed by atoms with Crippen LogP contribution in [0, 0.1) is 17.8 Å². The number of aliphatic hydroxyl groups excluding tert-OH is 1. The van der Waals surface area contributed by atoms with Crippen LogP contribution < -0.4 is 0 Å². The SMILES string of the molecule is O[C@@H]1CCC[C@@H]2[C@@H]1[C@H]2C(F)(F)F. The molecule has 2 fully saturated rings. The van der Waals surface area contributed by atoms with Crippen molar-refractivity contribution in [3.8, 4) is 0 Å². The molecule has 4 heteroatoms. The summed E-state index contributed by atoms with van der Waals surface area (Å²) in [5.74, 6) is -1.94. The van der Waals surface area contributed by atoms with Crippen LogP contribution in [0.4, 0.5) is 13.2 Å². The van der Waals surface area contributed by atoms with Crippen LogP contribution in [0.3, 0.4) is 0 Å². The first-order valence-electron chi connectivity index (χ1n) is 4.26. The van der Waals surface area contributed by atoms with Crippen molar-refractivity contribution < 1.29 is 18.3 Å². The zero-order valence-electron chi connectivity index (χ0n) is 6.51. The summed E-state index contributed by atoms with van der Waals surface area (Å²) in [6.45, 7) is 0. The van der Waals surface area contributed by atoms with Crippen molar-refractivity contribution in [2.24, 2.45) is 17.8 Å². The van der Waals surface area contributed by atoms with E-state index in [4.69, 9.17) is 0 Å². The summed E-state index contributed by atoms with van der Waals surface area (Å²) in [6, 6.07) is 0. The Morgan fingerprint density at radius 1 is 1.17 bits per heavy atom. The van der Waals surface area contributed by atoms with Gasteiger partial charge in [0.1, 0.15) is 0 Å². The topological polar surface area (TPSA) is 20.2 Å². The summed E-state index contributed by atoms with van der Waals surface area (Å²) >= 11 is 0. The number of alkyl halides is 3. The van der Waals surface area contributed by atoms with Crippen LogP contribution in [0.25, 0.3) is 0 Å². The lowest BCUT2D eigenvalue weighted by molar-refractivity contribution is -0.156. The van der Waals surface area contributed by atoms with E-state index >= 15 is 0 Å². The first-order chi connectivity index (χ1) is 5.52. The smallest absolute Gasteiger partial charge is 0.392 e. The Kier molecular flexibility index (Phi) is 1.65. The molecule has 0 aromatic heterocycles. The molecule has 70 valence electrons. The normalized spacial score (nSPS) is 47.0. The molecule has 0 spiro atoms. The van der Waals surface area contributed by atoms with E-state index < -0.39 is 24.1 Å². The average molecular weight is 180 g/mol. The molecule has 1 nitrogen and oxygen atoms in total. The van der Waals surface area contributed by atoms with Crippen LogP contribution in [0.15, 0.2) is 0 Å². The Morgan fingerprint density at radius 2 is 1.83 bits per heavy atom. The van der Waals surface area contributed by atoms with E-state index in [-0.39, 0.29) is 5.92 Å². The predicted octanol–water partition coefficient (Wildman–Crippen LogP) is 1.96. The molecule has 0 aliphatic heterocycles. The third-order valence-corrected chi connectivity index (χ3v) is 3.09. The quantitative estimate of drug-likeness (QED) is 0.604. The zero-order valence-corrected chi connectivity index (χ0v) is 6.51. The Hall–Kier alpha value is -0.250. The third-order valence-electron chi connectivity index (χ3n) is 3.09. The van der Waals surface area contributed by atoms with Crippen molar-refractivity contribution in [3.63, 3.8) is 0 Å². The summed E-state index contributed by atoms with van der Waals surface area (Å²) in [4.78, 5) is 0. The van der Waals surface area contributed by atoms with Crippen molar-refractivity contribution in [2.75, 3.05) is 0 Å². The molecule has 4 atom stereocenters. The van der Waals surface area contributed by atoms with Gasteiger partial charge in [-0.1, -0.05) is 6.42 Å². The molecule has 0 bridgehead atoms. The zero-order chi connectivity index (χ0) is 8.93. The van der Waals surface area contributed by atoms with Crippen LogP contribution in [0.2, 0.25) is 0 Å². The largest absolute Gasteiger partial charge is 0.393 e. The number of hydrogen-bond donors (Lipinski definition) is 1. The molecule has 2 aliphatic rings. The molecular formula is C8H11F3O. The molecule has 0 unspecified atom stereocenters. The molecule has 0 heterocycles. The molecule has 0 saturated heterocycles. The predicted molar refractivity (Wildman–Crippen MR) is 36.4 cm³/mol. The summed E-state index contributed by atoms with van der Waals surface area (Å²) in [7, 11) is 0. The van der Waals surface area contributed by atoms with Gasteiger partial charge in [-0.25, -0.2) is 0 Å². The minimum atomic E-state index is -4.08. The Labute approximate surface area is 68.6 Å². The average Bonchev–Trinajstić information content (AvgIpc) is 2.60. The Balaban J connectivity index is 2.05. The maximum Gasteiger partial charge on any atom is 0.392 e. The lowest BCUT2D eigenvalue weighted by Gasteiger charge is -2.14. The molecule has 2 rings (SSSR count). The number of hydrogen-bond acceptors (Lipinski definition) is 1. The summed E-state index contributed by atoms with van der Waals surface area (Å²) in [6.07, 6.45) is -2.84. The summed E-state index contributed by atoms with van der Waals surface area (Å²) in [5.41, 5.74) is 0. The molecule has 12 heavy (non-hydrogen) atoms. The maximum atomic E-state index is 12.2. The molecule has 0 amide bonds. The van der Waals surface area contributed by atoms with Crippen LogP contribution in [-0.2, 0) is 0 Å². The highest BCUT2D eigenvalue weighted by atomic mass is 19.4. The first kappa shape index (κ1) is 8.35. The fourth-order valence-corrected chi connectivity index (χ4v) is 2.51. The van der Waals surface area contributed by atoms with Crippen LogP contribution in [-0.4, -0.2) is 17.4 Å². The molecule has 2 saturated carbocycles. The minimum absolute atomic E-state index is 0.270. The molecule has 0 radical (unpaired) electrons. The first-order valence-corrected chi connectivity index (χ1v) is 4.26. The highest BCUT2D eigenvalue weighted by Crippen LogP contribution is 2.61.